The van der Waals surface area contributed by atoms with Crippen molar-refractivity contribution in [3.05, 3.63) is 119 Å². The van der Waals surface area contributed by atoms with Crippen LogP contribution in [0.1, 0.15) is 5.01 Å². The summed E-state index contributed by atoms with van der Waals surface area (Å²) in [5.74, 6) is 0. The van der Waals surface area contributed by atoms with Gasteiger partial charge in [-0.15, -0.1) is 11.3 Å². The van der Waals surface area contributed by atoms with Crippen molar-refractivity contribution in [1.29, 1.82) is 0 Å². The lowest BCUT2D eigenvalue weighted by molar-refractivity contribution is 1.18. The highest BCUT2D eigenvalue weighted by Gasteiger charge is 2.23. The molecule has 4 heteroatoms. The summed E-state index contributed by atoms with van der Waals surface area (Å²) >= 11 is 3.56. The highest BCUT2D eigenvalue weighted by Crippen LogP contribution is 2.48. The molecule has 0 saturated heterocycles. The quantitative estimate of drug-likeness (QED) is 0.259. The zero-order valence-corrected chi connectivity index (χ0v) is 20.3. The molecule has 0 aliphatic carbocycles. The van der Waals surface area contributed by atoms with E-state index in [0.717, 1.165) is 16.3 Å². The van der Waals surface area contributed by atoms with Crippen LogP contribution in [-0.2, 0) is 0 Å². The van der Waals surface area contributed by atoms with Crippen molar-refractivity contribution in [2.45, 2.75) is 4.90 Å². The van der Waals surface area contributed by atoms with Crippen molar-refractivity contribution < 1.29 is 0 Å². The maximum Gasteiger partial charge on any atom is 0.117 e. The zero-order valence-electron chi connectivity index (χ0n) is 18.7. The van der Waals surface area contributed by atoms with Crippen LogP contribution in [0.25, 0.3) is 38.5 Å². The summed E-state index contributed by atoms with van der Waals surface area (Å²) in [6.07, 6.45) is 6.42. The van der Waals surface area contributed by atoms with Gasteiger partial charge in [-0.3, -0.25) is 0 Å². The Morgan fingerprint density at radius 1 is 0.765 bits per heavy atom. The van der Waals surface area contributed by atoms with Gasteiger partial charge in [0.2, 0.25) is 0 Å². The van der Waals surface area contributed by atoms with Crippen LogP contribution in [0, 0.1) is 0 Å². The molecular formula is C30H22N2S2. The number of benzene rings is 4. The second-order valence-electron chi connectivity index (χ2n) is 8.12. The lowest BCUT2D eigenvalue weighted by atomic mass is 10.1. The molecule has 0 spiro atoms. The maximum atomic E-state index is 5.00. The Balaban J connectivity index is 1.33. The molecule has 0 amide bonds. The first-order valence-electron chi connectivity index (χ1n) is 11.2. The van der Waals surface area contributed by atoms with Gasteiger partial charge in [-0.2, -0.15) is 0 Å². The van der Waals surface area contributed by atoms with E-state index in [1.54, 1.807) is 11.3 Å². The predicted molar refractivity (Wildman–Crippen MR) is 148 cm³/mol. The molecule has 1 aliphatic heterocycles. The van der Waals surface area contributed by atoms with Gasteiger partial charge < -0.3 is 4.90 Å². The van der Waals surface area contributed by atoms with E-state index in [1.165, 1.54) is 36.8 Å². The highest BCUT2D eigenvalue weighted by atomic mass is 32.2. The largest absolute Gasteiger partial charge is 0.338 e. The van der Waals surface area contributed by atoms with Crippen LogP contribution in [0.3, 0.4) is 0 Å². The summed E-state index contributed by atoms with van der Waals surface area (Å²) in [7, 11) is 2.14. The maximum absolute atomic E-state index is 5.00. The van der Waals surface area contributed by atoms with E-state index in [-0.39, 0.29) is 0 Å². The molecule has 4 aromatic carbocycles. The zero-order chi connectivity index (χ0) is 22.9. The molecule has 0 atom stereocenters. The summed E-state index contributed by atoms with van der Waals surface area (Å²) in [6.45, 7) is 0. The van der Waals surface area contributed by atoms with Crippen LogP contribution in [-0.4, -0.2) is 12.0 Å². The molecule has 164 valence electrons. The number of fused-ring (bicyclic) bond motifs is 3. The fourth-order valence-corrected chi connectivity index (χ4v) is 6.44. The van der Waals surface area contributed by atoms with Crippen LogP contribution in [0.2, 0.25) is 0 Å². The average Bonchev–Trinajstić information content (AvgIpc) is 3.47. The van der Waals surface area contributed by atoms with Gasteiger partial charge in [-0.25, -0.2) is 4.98 Å². The van der Waals surface area contributed by atoms with Crippen molar-refractivity contribution >= 4 is 45.6 Å². The summed E-state index contributed by atoms with van der Waals surface area (Å²) in [5, 5.41) is 4.81. The molecule has 0 unspecified atom stereocenters. The molecule has 1 aliphatic rings. The van der Waals surface area contributed by atoms with Gasteiger partial charge in [0.1, 0.15) is 5.01 Å². The number of allylic oxidation sites excluding steroid dienone is 2. The summed E-state index contributed by atoms with van der Waals surface area (Å²) in [5.41, 5.74) is 4.64. The Bertz CT molecular complexity index is 1480. The van der Waals surface area contributed by atoms with E-state index in [0.29, 0.717) is 0 Å². The van der Waals surface area contributed by atoms with Crippen LogP contribution in [0.4, 0.5) is 5.69 Å². The third kappa shape index (κ3) is 3.85. The van der Waals surface area contributed by atoms with E-state index in [9.17, 15) is 0 Å². The van der Waals surface area contributed by atoms with Crippen molar-refractivity contribution in [2.24, 2.45) is 0 Å². The lowest BCUT2D eigenvalue weighted by Gasteiger charge is -2.13. The molecule has 2 heterocycles. The van der Waals surface area contributed by atoms with Gasteiger partial charge in [0.05, 0.1) is 21.3 Å². The van der Waals surface area contributed by atoms with Crippen LogP contribution in [0.5, 0.6) is 0 Å². The molecule has 1 aromatic heterocycles. The number of hydrogen-bond donors (Lipinski definition) is 0. The third-order valence-electron chi connectivity index (χ3n) is 5.96. The number of aromatic nitrogens is 1. The van der Waals surface area contributed by atoms with Gasteiger partial charge in [0.25, 0.3) is 0 Å². The Morgan fingerprint density at radius 3 is 2.26 bits per heavy atom. The molecule has 6 rings (SSSR count). The van der Waals surface area contributed by atoms with Crippen molar-refractivity contribution in [3.8, 4) is 21.7 Å². The number of thioether (sulfide) groups is 1. The van der Waals surface area contributed by atoms with Gasteiger partial charge in [-0.1, -0.05) is 109 Å². The minimum atomic E-state index is 1.00. The Morgan fingerprint density at radius 2 is 1.47 bits per heavy atom. The monoisotopic (exact) mass is 474 g/mol. The number of thiazole rings is 1. The smallest absolute Gasteiger partial charge is 0.117 e. The minimum Gasteiger partial charge on any atom is -0.338 e. The molecule has 0 bridgehead atoms. The van der Waals surface area contributed by atoms with E-state index in [1.807, 2.05) is 17.8 Å². The van der Waals surface area contributed by atoms with E-state index >= 15 is 0 Å². The first-order chi connectivity index (χ1) is 16.8. The molecule has 0 saturated carbocycles. The SMILES string of the molecule is CN1/C(=C\C=C\c2nc(-c3ccccc3)c(-c3ccccc3)s2)Sc2c1ccc1ccccc21. The van der Waals surface area contributed by atoms with Crippen molar-refractivity contribution in [2.75, 3.05) is 11.9 Å². The van der Waals surface area contributed by atoms with E-state index in [2.05, 4.69) is 121 Å². The number of hydrogen-bond acceptors (Lipinski definition) is 4. The lowest BCUT2D eigenvalue weighted by Crippen LogP contribution is -2.08. The molecule has 0 radical (unpaired) electrons. The van der Waals surface area contributed by atoms with E-state index in [4.69, 9.17) is 4.98 Å². The van der Waals surface area contributed by atoms with Crippen LogP contribution < -0.4 is 4.90 Å². The first kappa shape index (κ1) is 21.0. The second-order valence-corrected chi connectivity index (χ2v) is 10.2. The summed E-state index contributed by atoms with van der Waals surface area (Å²) in [6, 6.07) is 34.0. The van der Waals surface area contributed by atoms with Gasteiger partial charge in [0.15, 0.2) is 0 Å². The topological polar surface area (TPSA) is 16.1 Å². The number of nitrogens with zero attached hydrogens (tertiary/aromatic N) is 2. The number of rotatable bonds is 4. The third-order valence-corrected chi connectivity index (χ3v) is 8.28. The Labute approximate surface area is 207 Å². The second kappa shape index (κ2) is 8.98. The van der Waals surface area contributed by atoms with E-state index < -0.39 is 0 Å². The molecular weight excluding hydrogens is 452 g/mol. The summed E-state index contributed by atoms with van der Waals surface area (Å²) in [4.78, 5) is 9.80. The molecule has 34 heavy (non-hydrogen) atoms. The van der Waals surface area contributed by atoms with Crippen LogP contribution in [0.15, 0.2) is 119 Å². The minimum absolute atomic E-state index is 1.00. The number of anilines is 1. The highest BCUT2D eigenvalue weighted by molar-refractivity contribution is 8.04. The van der Waals surface area contributed by atoms with Crippen molar-refractivity contribution in [3.63, 3.8) is 0 Å². The average molecular weight is 475 g/mol. The van der Waals surface area contributed by atoms with Crippen molar-refractivity contribution in [1.82, 2.24) is 4.98 Å². The van der Waals surface area contributed by atoms with Gasteiger partial charge >= 0.3 is 0 Å². The molecule has 0 fully saturated rings. The predicted octanol–water partition coefficient (Wildman–Crippen LogP) is 8.73. The molecule has 2 nitrogen and oxygen atoms in total. The fourth-order valence-electron chi connectivity index (χ4n) is 4.24. The Kier molecular flexibility index (Phi) is 5.54. The van der Waals surface area contributed by atoms with Gasteiger partial charge in [-0.05, 0) is 34.6 Å². The van der Waals surface area contributed by atoms with Gasteiger partial charge in [0, 0.05) is 17.5 Å². The fraction of sp³-hybridized carbons (Fsp3) is 0.0333. The standard InChI is InChI=1S/C30H22N2S2/c1-32-25-20-19-21-11-8-9-16-24(21)30(25)34-27(32)18-10-17-26-31-28(22-12-4-2-5-13-22)29(33-26)23-14-6-3-7-15-23/h2-20H,1H3/b17-10+,27-18+. The molecule has 5 aromatic rings. The normalized spacial score (nSPS) is 14.4. The van der Waals surface area contributed by atoms with Crippen LogP contribution >= 0.6 is 23.1 Å². The summed E-state index contributed by atoms with van der Waals surface area (Å²) < 4.78 is 0. The Hall–Kier alpha value is -3.60. The molecule has 0 N–H and O–H groups in total. The first-order valence-corrected chi connectivity index (χ1v) is 12.8.